The molecule has 2 aromatic carbocycles. The van der Waals surface area contributed by atoms with Crippen molar-refractivity contribution in [2.24, 2.45) is 0 Å². The summed E-state index contributed by atoms with van der Waals surface area (Å²) in [6.45, 7) is 0. The molecule has 0 saturated heterocycles. The second-order valence-corrected chi connectivity index (χ2v) is 7.41. The van der Waals surface area contributed by atoms with Gasteiger partial charge in [-0.05, 0) is 0 Å². The van der Waals surface area contributed by atoms with Crippen molar-refractivity contribution in [3.8, 4) is 32.5 Å². The predicted molar refractivity (Wildman–Crippen MR) is 107 cm³/mol. The molecule has 4 aromatic rings. The van der Waals surface area contributed by atoms with Crippen molar-refractivity contribution in [1.82, 2.24) is 9.97 Å². The quantitative estimate of drug-likeness (QED) is 0.321. The number of aromatic nitrogens is 2. The molecule has 0 atom stereocenters. The number of benzene rings is 2. The van der Waals surface area contributed by atoms with Crippen LogP contribution in [0.2, 0.25) is 0 Å². The van der Waals surface area contributed by atoms with Crippen LogP contribution in [0.1, 0.15) is 0 Å². The summed E-state index contributed by atoms with van der Waals surface area (Å²) in [7, 11) is 0. The molecule has 2 aromatic heterocycles. The maximum atomic E-state index is 11.0. The zero-order valence-electron chi connectivity index (χ0n) is 14.0. The first-order valence-corrected chi connectivity index (χ1v) is 9.68. The normalized spacial score (nSPS) is 10.7. The molecular formula is C18H10N4O4S2. The second kappa shape index (κ2) is 7.25. The van der Waals surface area contributed by atoms with Gasteiger partial charge in [0.15, 0.2) is 10.0 Å². The van der Waals surface area contributed by atoms with Gasteiger partial charge in [-0.3, -0.25) is 20.2 Å². The fraction of sp³-hybridized carbons (Fsp3) is 0. The van der Waals surface area contributed by atoms with Crippen molar-refractivity contribution in [2.75, 3.05) is 0 Å². The van der Waals surface area contributed by atoms with E-state index in [0.29, 0.717) is 32.5 Å². The molecule has 0 radical (unpaired) electrons. The Bertz CT molecular complexity index is 1110. The maximum Gasteiger partial charge on any atom is 0.270 e. The monoisotopic (exact) mass is 410 g/mol. The van der Waals surface area contributed by atoms with Crippen LogP contribution in [-0.4, -0.2) is 19.8 Å². The van der Waals surface area contributed by atoms with Crippen LogP contribution in [0.4, 0.5) is 11.4 Å². The summed E-state index contributed by atoms with van der Waals surface area (Å²) < 4.78 is 0. The van der Waals surface area contributed by atoms with E-state index in [2.05, 4.69) is 9.97 Å². The van der Waals surface area contributed by atoms with Crippen LogP contribution in [0.5, 0.6) is 0 Å². The summed E-state index contributed by atoms with van der Waals surface area (Å²) in [4.78, 5) is 30.1. The number of rotatable bonds is 5. The lowest BCUT2D eigenvalue weighted by molar-refractivity contribution is -0.385. The zero-order valence-corrected chi connectivity index (χ0v) is 15.6. The summed E-state index contributed by atoms with van der Waals surface area (Å²) in [5, 5.41) is 26.9. The molecule has 0 aliphatic heterocycles. The lowest BCUT2D eigenvalue weighted by Crippen LogP contribution is -1.88. The number of nitrogens with zero attached hydrogens (tertiary/aromatic N) is 4. The molecule has 0 spiro atoms. The lowest BCUT2D eigenvalue weighted by atomic mass is 10.1. The zero-order chi connectivity index (χ0) is 19.7. The van der Waals surface area contributed by atoms with Gasteiger partial charge < -0.3 is 0 Å². The van der Waals surface area contributed by atoms with E-state index in [1.807, 2.05) is 10.8 Å². The van der Waals surface area contributed by atoms with E-state index in [4.69, 9.17) is 0 Å². The van der Waals surface area contributed by atoms with Gasteiger partial charge in [-0.1, -0.05) is 24.3 Å². The van der Waals surface area contributed by atoms with Gasteiger partial charge in [0.25, 0.3) is 11.4 Å². The number of nitro groups is 2. The van der Waals surface area contributed by atoms with Gasteiger partial charge in [-0.15, -0.1) is 22.7 Å². The van der Waals surface area contributed by atoms with Gasteiger partial charge in [0, 0.05) is 46.2 Å². The highest BCUT2D eigenvalue weighted by Gasteiger charge is 2.15. The SMILES string of the molecule is O=[N+]([O-])c1cccc(-c2csc(-c3nc(-c4cccc([N+](=O)[O-])c4)cs3)n2)c1. The van der Waals surface area contributed by atoms with Crippen LogP contribution < -0.4 is 0 Å². The van der Waals surface area contributed by atoms with Crippen LogP contribution in [0, 0.1) is 20.2 Å². The third kappa shape index (κ3) is 3.50. The third-order valence-corrected chi connectivity index (χ3v) is 5.72. The minimum Gasteiger partial charge on any atom is -0.258 e. The number of hydrogen-bond acceptors (Lipinski definition) is 8. The van der Waals surface area contributed by atoms with Crippen LogP contribution in [-0.2, 0) is 0 Å². The van der Waals surface area contributed by atoms with E-state index in [1.54, 1.807) is 24.3 Å². The molecule has 138 valence electrons. The van der Waals surface area contributed by atoms with Crippen LogP contribution in [0.25, 0.3) is 32.5 Å². The Kier molecular flexibility index (Phi) is 4.63. The van der Waals surface area contributed by atoms with Crippen molar-refractivity contribution in [2.45, 2.75) is 0 Å². The van der Waals surface area contributed by atoms with E-state index >= 15 is 0 Å². The highest BCUT2D eigenvalue weighted by atomic mass is 32.1. The first kappa shape index (κ1) is 17.9. The molecule has 0 N–H and O–H groups in total. The van der Waals surface area contributed by atoms with Gasteiger partial charge in [0.05, 0.1) is 21.2 Å². The number of thiazole rings is 2. The largest absolute Gasteiger partial charge is 0.270 e. The average molecular weight is 410 g/mol. The Hall–Kier alpha value is -3.50. The number of nitro benzene ring substituents is 2. The predicted octanol–water partition coefficient (Wildman–Crippen LogP) is 5.42. The van der Waals surface area contributed by atoms with Gasteiger partial charge in [0.1, 0.15) is 0 Å². The molecular weight excluding hydrogens is 400 g/mol. The molecule has 0 aliphatic carbocycles. The summed E-state index contributed by atoms with van der Waals surface area (Å²) in [5.74, 6) is 0. The minimum absolute atomic E-state index is 0.00857. The van der Waals surface area contributed by atoms with Gasteiger partial charge in [0.2, 0.25) is 0 Å². The highest BCUT2D eigenvalue weighted by molar-refractivity contribution is 7.20. The van der Waals surface area contributed by atoms with E-state index in [9.17, 15) is 20.2 Å². The standard InChI is InChI=1S/C18H10N4O4S2/c23-21(24)13-5-1-3-11(7-13)15-9-27-17(19-15)18-20-16(10-28-18)12-4-2-6-14(8-12)22(25)26/h1-10H. The maximum absolute atomic E-state index is 11.0. The van der Waals surface area contributed by atoms with Crippen molar-refractivity contribution in [1.29, 1.82) is 0 Å². The average Bonchev–Trinajstić information content (AvgIpc) is 3.38. The van der Waals surface area contributed by atoms with E-state index in [0.717, 1.165) is 0 Å². The minimum atomic E-state index is -0.442. The summed E-state index contributed by atoms with van der Waals surface area (Å²) in [6, 6.07) is 12.6. The molecule has 4 rings (SSSR count). The van der Waals surface area contributed by atoms with Crippen molar-refractivity contribution in [3.63, 3.8) is 0 Å². The second-order valence-electron chi connectivity index (χ2n) is 5.69. The summed E-state index contributed by atoms with van der Waals surface area (Å²) >= 11 is 2.77. The Morgan fingerprint density at radius 2 is 1.14 bits per heavy atom. The smallest absolute Gasteiger partial charge is 0.258 e. The molecule has 2 heterocycles. The molecule has 0 amide bonds. The van der Waals surface area contributed by atoms with E-state index < -0.39 is 9.85 Å². The summed E-state index contributed by atoms with van der Waals surface area (Å²) in [6.07, 6.45) is 0. The van der Waals surface area contributed by atoms with E-state index in [1.165, 1.54) is 46.9 Å². The molecule has 10 heteroatoms. The van der Waals surface area contributed by atoms with Crippen molar-refractivity contribution < 1.29 is 9.85 Å². The molecule has 0 bridgehead atoms. The van der Waals surface area contributed by atoms with Gasteiger partial charge >= 0.3 is 0 Å². The molecule has 8 nitrogen and oxygen atoms in total. The summed E-state index contributed by atoms with van der Waals surface area (Å²) in [5.41, 5.74) is 2.61. The molecule has 0 aliphatic rings. The Morgan fingerprint density at radius 3 is 1.54 bits per heavy atom. The fourth-order valence-electron chi connectivity index (χ4n) is 2.57. The topological polar surface area (TPSA) is 112 Å². The van der Waals surface area contributed by atoms with Crippen LogP contribution in [0.15, 0.2) is 59.3 Å². The Balaban J connectivity index is 1.64. The number of hydrogen-bond donors (Lipinski definition) is 0. The van der Waals surface area contributed by atoms with Gasteiger partial charge in [-0.25, -0.2) is 9.97 Å². The first-order chi connectivity index (χ1) is 13.5. The van der Waals surface area contributed by atoms with Crippen molar-refractivity contribution >= 4 is 34.0 Å². The third-order valence-electron chi connectivity index (χ3n) is 3.90. The highest BCUT2D eigenvalue weighted by Crippen LogP contribution is 2.34. The van der Waals surface area contributed by atoms with E-state index in [-0.39, 0.29) is 11.4 Å². The number of non-ortho nitro benzene ring substituents is 2. The lowest BCUT2D eigenvalue weighted by Gasteiger charge is -1.97. The van der Waals surface area contributed by atoms with Gasteiger partial charge in [-0.2, -0.15) is 0 Å². The van der Waals surface area contributed by atoms with Crippen LogP contribution >= 0.6 is 22.7 Å². The molecule has 0 fully saturated rings. The molecule has 28 heavy (non-hydrogen) atoms. The molecule has 0 unspecified atom stereocenters. The van der Waals surface area contributed by atoms with Crippen LogP contribution in [0.3, 0.4) is 0 Å². The molecule has 0 saturated carbocycles. The Morgan fingerprint density at radius 1 is 0.714 bits per heavy atom. The van der Waals surface area contributed by atoms with Crippen molar-refractivity contribution in [3.05, 3.63) is 79.5 Å². The first-order valence-electron chi connectivity index (χ1n) is 7.92. The Labute approximate surface area is 166 Å². The fourth-order valence-corrected chi connectivity index (χ4v) is 4.27.